The van der Waals surface area contributed by atoms with Gasteiger partial charge in [-0.25, -0.2) is 8.42 Å². The molecule has 0 aliphatic rings. The monoisotopic (exact) mass is 445 g/mol. The minimum Gasteiger partial charge on any atom is -0.497 e. The number of furan rings is 1. The molecule has 0 aliphatic carbocycles. The molecule has 0 spiro atoms. The molecule has 0 bridgehead atoms. The van der Waals surface area contributed by atoms with E-state index in [2.05, 4.69) is 5.32 Å². The van der Waals surface area contributed by atoms with Crippen molar-refractivity contribution in [2.75, 3.05) is 27.9 Å². The van der Waals surface area contributed by atoms with Crippen LogP contribution in [-0.4, -0.2) is 42.2 Å². The smallest absolute Gasteiger partial charge is 0.251 e. The van der Waals surface area contributed by atoms with Crippen molar-refractivity contribution in [3.05, 3.63) is 72.2 Å². The summed E-state index contributed by atoms with van der Waals surface area (Å²) in [4.78, 5) is 12.8. The molecule has 0 saturated carbocycles. The highest BCUT2D eigenvalue weighted by Crippen LogP contribution is 2.31. The van der Waals surface area contributed by atoms with Crippen molar-refractivity contribution in [1.29, 1.82) is 0 Å². The van der Waals surface area contributed by atoms with E-state index in [1.165, 1.54) is 45.8 Å². The Kier molecular flexibility index (Phi) is 6.86. The quantitative estimate of drug-likeness (QED) is 0.539. The Labute approximate surface area is 180 Å². The van der Waals surface area contributed by atoms with E-state index in [4.69, 9.17) is 18.6 Å². The molecule has 1 N–H and O–H groups in total. The molecule has 1 atom stereocenters. The van der Waals surface area contributed by atoms with E-state index in [0.717, 1.165) is 0 Å². The average molecular weight is 445 g/mol. The fraction of sp³-hybridized carbons (Fsp3) is 0.227. The third-order valence-corrected chi connectivity index (χ3v) is 6.79. The number of rotatable bonds is 9. The summed E-state index contributed by atoms with van der Waals surface area (Å²) >= 11 is 0. The number of carbonyl (C=O) groups is 1. The van der Waals surface area contributed by atoms with Crippen molar-refractivity contribution in [3.8, 4) is 17.2 Å². The predicted octanol–water partition coefficient (Wildman–Crippen LogP) is 3.25. The highest BCUT2D eigenvalue weighted by molar-refractivity contribution is 7.91. The van der Waals surface area contributed by atoms with E-state index in [1.807, 2.05) is 0 Å². The summed E-state index contributed by atoms with van der Waals surface area (Å²) < 4.78 is 47.4. The van der Waals surface area contributed by atoms with Gasteiger partial charge in [-0.05, 0) is 54.6 Å². The third kappa shape index (κ3) is 4.83. The molecular weight excluding hydrogens is 422 g/mol. The molecule has 164 valence electrons. The molecular formula is C22H23NO7S. The summed E-state index contributed by atoms with van der Waals surface area (Å²) in [5, 5.41) is 1.56. The van der Waals surface area contributed by atoms with E-state index < -0.39 is 21.0 Å². The van der Waals surface area contributed by atoms with Gasteiger partial charge in [-0.2, -0.15) is 0 Å². The van der Waals surface area contributed by atoms with Gasteiger partial charge in [0.2, 0.25) is 0 Å². The summed E-state index contributed by atoms with van der Waals surface area (Å²) in [6, 6.07) is 13.9. The van der Waals surface area contributed by atoms with Crippen molar-refractivity contribution >= 4 is 15.7 Å². The summed E-state index contributed by atoms with van der Waals surface area (Å²) in [6.07, 6.45) is 1.39. The number of hydrogen-bond acceptors (Lipinski definition) is 7. The number of sulfone groups is 1. The van der Waals surface area contributed by atoms with Crippen molar-refractivity contribution in [2.24, 2.45) is 0 Å². The number of methoxy groups -OCH3 is 3. The lowest BCUT2D eigenvalue weighted by molar-refractivity contribution is 0.0953. The second-order valence-electron chi connectivity index (χ2n) is 6.50. The summed E-state index contributed by atoms with van der Waals surface area (Å²) in [7, 11) is 0.602. The first-order valence-corrected chi connectivity index (χ1v) is 10.9. The van der Waals surface area contributed by atoms with Crippen LogP contribution >= 0.6 is 0 Å². The maximum absolute atomic E-state index is 13.3. The van der Waals surface area contributed by atoms with Crippen molar-refractivity contribution in [1.82, 2.24) is 5.32 Å². The normalized spacial score (nSPS) is 12.1. The van der Waals surface area contributed by atoms with Crippen LogP contribution in [0.2, 0.25) is 0 Å². The summed E-state index contributed by atoms with van der Waals surface area (Å²) in [6.45, 7) is -0.185. The zero-order valence-corrected chi connectivity index (χ0v) is 18.1. The molecule has 1 amide bonds. The van der Waals surface area contributed by atoms with Crippen LogP contribution in [-0.2, 0) is 9.84 Å². The van der Waals surface area contributed by atoms with Crippen molar-refractivity contribution < 1.29 is 31.8 Å². The molecule has 1 heterocycles. The highest BCUT2D eigenvalue weighted by atomic mass is 32.2. The van der Waals surface area contributed by atoms with Crippen molar-refractivity contribution in [2.45, 2.75) is 10.1 Å². The lowest BCUT2D eigenvalue weighted by Gasteiger charge is -2.17. The fourth-order valence-corrected chi connectivity index (χ4v) is 4.62. The largest absolute Gasteiger partial charge is 0.497 e. The Morgan fingerprint density at radius 2 is 1.68 bits per heavy atom. The van der Waals surface area contributed by atoms with Crippen molar-refractivity contribution in [3.63, 3.8) is 0 Å². The summed E-state index contributed by atoms with van der Waals surface area (Å²) in [5.74, 6) is 1.18. The molecule has 0 aliphatic heterocycles. The van der Waals surface area contributed by atoms with E-state index in [1.54, 1.807) is 36.4 Å². The molecule has 1 aromatic heterocycles. The maximum atomic E-state index is 13.3. The molecule has 0 fully saturated rings. The second kappa shape index (κ2) is 9.57. The Balaban J connectivity index is 1.85. The van der Waals surface area contributed by atoms with E-state index in [0.29, 0.717) is 22.8 Å². The number of hydrogen-bond donors (Lipinski definition) is 1. The number of ether oxygens (including phenoxy) is 3. The zero-order valence-electron chi connectivity index (χ0n) is 17.3. The van der Waals surface area contributed by atoms with Gasteiger partial charge in [-0.3, -0.25) is 4.79 Å². The Morgan fingerprint density at radius 1 is 0.968 bits per heavy atom. The minimum absolute atomic E-state index is 0.0927. The Bertz CT molecular complexity index is 1120. The number of nitrogens with one attached hydrogen (secondary N) is 1. The van der Waals surface area contributed by atoms with Crippen LogP contribution in [0.15, 0.2) is 70.2 Å². The SMILES string of the molecule is COc1ccc(S(=O)(=O)[C@@H](CNC(=O)c2ccc(OC)c(OC)c2)c2ccco2)cc1. The lowest BCUT2D eigenvalue weighted by Crippen LogP contribution is -2.31. The predicted molar refractivity (Wildman–Crippen MR) is 114 cm³/mol. The molecule has 2 aromatic carbocycles. The Morgan fingerprint density at radius 3 is 2.26 bits per heavy atom. The molecule has 3 rings (SSSR count). The molecule has 0 radical (unpaired) electrons. The van der Waals surface area contributed by atoms with Crippen LogP contribution in [0.4, 0.5) is 0 Å². The van der Waals surface area contributed by atoms with Crippen LogP contribution in [0.1, 0.15) is 21.4 Å². The molecule has 8 nitrogen and oxygen atoms in total. The number of benzene rings is 2. The number of carbonyl (C=O) groups excluding carboxylic acids is 1. The number of amides is 1. The van der Waals surface area contributed by atoms with Gasteiger partial charge < -0.3 is 23.9 Å². The maximum Gasteiger partial charge on any atom is 0.251 e. The van der Waals surface area contributed by atoms with Gasteiger partial charge in [0.25, 0.3) is 5.91 Å². The van der Waals surface area contributed by atoms with Gasteiger partial charge in [0, 0.05) is 12.1 Å². The van der Waals surface area contributed by atoms with Crippen LogP contribution in [0.3, 0.4) is 0 Å². The zero-order chi connectivity index (χ0) is 22.4. The first-order chi connectivity index (χ1) is 14.9. The van der Waals surface area contributed by atoms with Crippen LogP contribution < -0.4 is 19.5 Å². The van der Waals surface area contributed by atoms with Gasteiger partial charge in [-0.15, -0.1) is 0 Å². The highest BCUT2D eigenvalue weighted by Gasteiger charge is 2.32. The summed E-state index contributed by atoms with van der Waals surface area (Å²) in [5.41, 5.74) is 0.303. The molecule has 0 saturated heterocycles. The van der Waals surface area contributed by atoms with Gasteiger partial charge in [0.15, 0.2) is 21.3 Å². The van der Waals surface area contributed by atoms with Gasteiger partial charge in [0.1, 0.15) is 16.8 Å². The second-order valence-corrected chi connectivity index (χ2v) is 8.63. The first-order valence-electron chi connectivity index (χ1n) is 9.32. The van der Waals surface area contributed by atoms with Gasteiger partial charge in [-0.1, -0.05) is 0 Å². The first kappa shape index (κ1) is 22.2. The van der Waals surface area contributed by atoms with E-state index in [-0.39, 0.29) is 17.2 Å². The molecule has 31 heavy (non-hydrogen) atoms. The molecule has 0 unspecified atom stereocenters. The Hall–Kier alpha value is -3.46. The average Bonchev–Trinajstić information content (AvgIpc) is 3.32. The van der Waals surface area contributed by atoms with Crippen LogP contribution in [0.5, 0.6) is 17.2 Å². The van der Waals surface area contributed by atoms with Gasteiger partial charge in [0.05, 0.1) is 32.5 Å². The molecule has 3 aromatic rings. The van der Waals surface area contributed by atoms with E-state index in [9.17, 15) is 13.2 Å². The topological polar surface area (TPSA) is 104 Å². The standard InChI is InChI=1S/C22H23NO7S/c1-27-16-7-9-17(10-8-16)31(25,26)21(19-5-4-12-30-19)14-23-22(24)15-6-11-18(28-2)20(13-15)29-3/h4-13,21H,14H2,1-3H3,(H,23,24)/t21-/m0/s1. The minimum atomic E-state index is -3.86. The van der Waals surface area contributed by atoms with Crippen LogP contribution in [0.25, 0.3) is 0 Å². The molecule has 9 heteroatoms. The lowest BCUT2D eigenvalue weighted by atomic mass is 10.2. The van der Waals surface area contributed by atoms with Crippen LogP contribution in [0, 0.1) is 0 Å². The fourth-order valence-electron chi connectivity index (χ4n) is 3.03. The van der Waals surface area contributed by atoms with Gasteiger partial charge >= 0.3 is 0 Å². The van der Waals surface area contributed by atoms with E-state index >= 15 is 0 Å². The third-order valence-electron chi connectivity index (χ3n) is 4.72.